The van der Waals surface area contributed by atoms with Gasteiger partial charge in [0.15, 0.2) is 17.7 Å². The van der Waals surface area contributed by atoms with E-state index in [1.807, 2.05) is 12.1 Å². The fraction of sp³-hybridized carbons (Fsp3) is 0.721. The van der Waals surface area contributed by atoms with Crippen LogP contribution < -0.4 is 5.73 Å². The van der Waals surface area contributed by atoms with E-state index in [2.05, 4.69) is 10.3 Å². The number of halogens is 1. The molecule has 0 saturated carbocycles. The minimum Gasteiger partial charge on any atom is -0.455 e. The summed E-state index contributed by atoms with van der Waals surface area (Å²) in [5.74, 6) is -6.35. The van der Waals surface area contributed by atoms with E-state index in [0.717, 1.165) is 12.5 Å². The maximum atomic E-state index is 16.9. The Morgan fingerprint density at radius 3 is 2.32 bits per heavy atom. The molecule has 0 radical (unpaired) electrons. The number of aliphatic hydroxyl groups is 3. The second-order valence-corrected chi connectivity index (χ2v) is 17.9. The number of unbranched alkanes of at least 4 members (excludes halogenated alkanes) is 1. The van der Waals surface area contributed by atoms with Crippen LogP contribution in [0.2, 0.25) is 0 Å². The van der Waals surface area contributed by atoms with Crippen molar-refractivity contribution in [1.29, 1.82) is 0 Å². The first-order valence-corrected chi connectivity index (χ1v) is 21.3. The lowest BCUT2D eigenvalue weighted by atomic mass is 9.73. The van der Waals surface area contributed by atoms with Crippen LogP contribution in [0.4, 0.5) is 14.9 Å². The number of alkyl halides is 1. The number of fused-ring (bicyclic) bond motifs is 1. The van der Waals surface area contributed by atoms with Crippen molar-refractivity contribution in [3.8, 4) is 11.3 Å². The topological polar surface area (TPSA) is 238 Å². The van der Waals surface area contributed by atoms with Gasteiger partial charge in [-0.05, 0) is 72.7 Å². The molecule has 1 aromatic carbocycles. The number of Topliss-reactive ketones (excluding diaryl/α,β-unsaturated/α-hetero) is 2. The van der Waals surface area contributed by atoms with Gasteiger partial charge in [-0.3, -0.25) is 14.3 Å². The fourth-order valence-corrected chi connectivity index (χ4v) is 9.64. The Bertz CT molecular complexity index is 1920. The Balaban J connectivity index is 1.46. The molecule has 3 saturated heterocycles. The normalized spacial score (nSPS) is 37.5. The zero-order valence-corrected chi connectivity index (χ0v) is 37.4. The Morgan fingerprint density at radius 2 is 1.71 bits per heavy atom. The van der Waals surface area contributed by atoms with Crippen LogP contribution in [0.25, 0.3) is 11.3 Å². The van der Waals surface area contributed by atoms with Gasteiger partial charge in [-0.1, -0.05) is 45.0 Å². The first kappa shape index (κ1) is 48.9. The SMILES string of the molecule is CC[C@H]1OC(=O)[C@@](C)(F)C(=O)[C@H](C)[C@@H](O[C@@H]2O[C@H](CO)[C@@H](O)[C@H](N(C)C)[C@H]2O)[C@@](C)(OC)C[C@@H](C)C(=O)[C@H](C)[C@H]2N(CCCCn3cc(-c4cccc(N)c4)nn3)C(=O)O[C@]12C. The third-order valence-corrected chi connectivity index (χ3v) is 13.1. The molecular formula is C43H65FN6O12. The summed E-state index contributed by atoms with van der Waals surface area (Å²) in [6, 6.07) is 5.29. The quantitative estimate of drug-likeness (QED) is 0.104. The number of ketones is 2. The summed E-state index contributed by atoms with van der Waals surface area (Å²) < 4.78 is 48.7. The van der Waals surface area contributed by atoms with Gasteiger partial charge in [0.2, 0.25) is 0 Å². The van der Waals surface area contributed by atoms with Crippen LogP contribution in [0.3, 0.4) is 0 Å². The summed E-state index contributed by atoms with van der Waals surface area (Å²) in [4.78, 5) is 59.8. The van der Waals surface area contributed by atoms with Gasteiger partial charge >= 0.3 is 12.1 Å². The molecule has 0 spiro atoms. The van der Waals surface area contributed by atoms with Gasteiger partial charge < -0.3 is 54.5 Å². The summed E-state index contributed by atoms with van der Waals surface area (Å²) in [6.45, 7) is 10.2. The van der Waals surface area contributed by atoms with E-state index >= 15 is 4.39 Å². The van der Waals surface area contributed by atoms with Crippen molar-refractivity contribution in [2.75, 3.05) is 40.1 Å². The van der Waals surface area contributed by atoms with Gasteiger partial charge in [0.1, 0.15) is 35.9 Å². The van der Waals surface area contributed by atoms with Crippen molar-refractivity contribution in [3.05, 3.63) is 30.5 Å². The van der Waals surface area contributed by atoms with E-state index in [0.29, 0.717) is 30.8 Å². The number of carbonyl (C=O) groups is 4. The third-order valence-electron chi connectivity index (χ3n) is 13.1. The van der Waals surface area contributed by atoms with E-state index in [-0.39, 0.29) is 25.2 Å². The second kappa shape index (κ2) is 19.3. The molecule has 346 valence electrons. The number of hydrogen-bond acceptors (Lipinski definition) is 16. The number of esters is 1. The van der Waals surface area contributed by atoms with Crippen LogP contribution in [0.15, 0.2) is 30.5 Å². The van der Waals surface area contributed by atoms with Crippen LogP contribution in [-0.4, -0.2) is 164 Å². The minimum absolute atomic E-state index is 0.0349. The highest BCUT2D eigenvalue weighted by Gasteiger charge is 2.62. The van der Waals surface area contributed by atoms with Gasteiger partial charge in [0.25, 0.3) is 5.67 Å². The number of aliphatic hydroxyl groups excluding tert-OH is 3. The molecule has 3 aliphatic rings. The van der Waals surface area contributed by atoms with Crippen molar-refractivity contribution in [1.82, 2.24) is 24.8 Å². The largest absolute Gasteiger partial charge is 0.455 e. The number of ether oxygens (including phenoxy) is 5. The number of rotatable bonds is 12. The number of likely N-dealkylation sites (N-methyl/N-ethyl adjacent to an activating group) is 1. The van der Waals surface area contributed by atoms with Crippen molar-refractivity contribution < 1.29 is 62.6 Å². The first-order valence-electron chi connectivity index (χ1n) is 21.3. The average molecular weight is 877 g/mol. The van der Waals surface area contributed by atoms with Gasteiger partial charge in [-0.25, -0.2) is 14.0 Å². The number of aryl methyl sites for hydroxylation is 1. The highest BCUT2D eigenvalue weighted by molar-refractivity contribution is 6.08. The number of nitrogens with zero attached hydrogens (tertiary/aromatic N) is 5. The van der Waals surface area contributed by atoms with Gasteiger partial charge in [0, 0.05) is 49.2 Å². The predicted octanol–water partition coefficient (Wildman–Crippen LogP) is 2.55. The average Bonchev–Trinajstić information content (AvgIpc) is 3.80. The number of benzene rings is 1. The lowest BCUT2D eigenvalue weighted by Gasteiger charge is -2.48. The van der Waals surface area contributed by atoms with E-state index in [1.54, 1.807) is 71.7 Å². The van der Waals surface area contributed by atoms with Crippen LogP contribution in [0.1, 0.15) is 74.1 Å². The molecule has 14 atom stereocenters. The van der Waals surface area contributed by atoms with E-state index in [4.69, 9.17) is 29.4 Å². The fourth-order valence-electron chi connectivity index (χ4n) is 9.64. The van der Waals surface area contributed by atoms with Crippen LogP contribution in [-0.2, 0) is 44.6 Å². The number of methoxy groups -OCH3 is 1. The van der Waals surface area contributed by atoms with Gasteiger partial charge in [-0.15, -0.1) is 5.10 Å². The molecule has 62 heavy (non-hydrogen) atoms. The zero-order valence-electron chi connectivity index (χ0n) is 37.4. The number of nitrogens with two attached hydrogens (primary N) is 1. The smallest absolute Gasteiger partial charge is 0.410 e. The summed E-state index contributed by atoms with van der Waals surface area (Å²) in [5.41, 5.74) is 1.48. The highest BCUT2D eigenvalue weighted by Crippen LogP contribution is 2.44. The molecule has 0 bridgehead atoms. The molecule has 0 aliphatic carbocycles. The highest BCUT2D eigenvalue weighted by atomic mass is 19.1. The van der Waals surface area contributed by atoms with E-state index in [9.17, 15) is 34.5 Å². The van der Waals surface area contributed by atoms with Crippen LogP contribution >= 0.6 is 0 Å². The molecule has 3 fully saturated rings. The van der Waals surface area contributed by atoms with Crippen molar-refractivity contribution in [2.45, 2.75) is 146 Å². The molecule has 19 heteroatoms. The molecule has 0 unspecified atom stereocenters. The van der Waals surface area contributed by atoms with Gasteiger partial charge in [0.05, 0.1) is 36.6 Å². The Morgan fingerprint density at radius 1 is 1.03 bits per heavy atom. The van der Waals surface area contributed by atoms with Crippen molar-refractivity contribution >= 4 is 29.3 Å². The molecule has 1 aromatic heterocycles. The molecule has 3 aliphatic heterocycles. The van der Waals surface area contributed by atoms with Gasteiger partial charge in [-0.2, -0.15) is 0 Å². The van der Waals surface area contributed by atoms with Crippen LogP contribution in [0.5, 0.6) is 0 Å². The number of carbonyl (C=O) groups excluding carboxylic acids is 4. The maximum absolute atomic E-state index is 16.9. The predicted molar refractivity (Wildman–Crippen MR) is 222 cm³/mol. The summed E-state index contributed by atoms with van der Waals surface area (Å²) in [5, 5.41) is 40.9. The molecule has 5 N–H and O–H groups in total. The first-order chi connectivity index (χ1) is 29.1. The number of nitrogen functional groups attached to an aromatic ring is 1. The molecule has 4 heterocycles. The number of cyclic esters (lactones) is 1. The summed E-state index contributed by atoms with van der Waals surface area (Å²) in [6.07, 6.45) is -6.47. The van der Waals surface area contributed by atoms with E-state index < -0.39 is 108 Å². The number of aromatic nitrogens is 3. The standard InChI is InChI=1S/C43H65FN6O12/c1-11-30-43(7)35(50(40(57)62-43)18-13-12-17-49-21-28(46-47-49)26-15-14-16-27(45)19-26)24(3)32(52)23(2)20-41(5,58-10)37(25(4)36(55)42(6,44)39(56)60-30)61-38-34(54)31(48(8)9)33(53)29(22-51)59-38/h14-16,19,21,23-25,29-31,33-35,37-38,51,53-54H,11-13,17-18,20,22,45H2,1-10H3/t23-,24+,25+,29-,30-,31+,33-,34-,35-,37-,38+,41+,42+,43-/m1/s1. The zero-order chi connectivity index (χ0) is 46.1. The van der Waals surface area contributed by atoms with Crippen molar-refractivity contribution in [2.24, 2.45) is 17.8 Å². The number of amides is 1. The second-order valence-electron chi connectivity index (χ2n) is 17.9. The minimum atomic E-state index is -3.27. The molecule has 2 aromatic rings. The molecule has 1 amide bonds. The molecular weight excluding hydrogens is 812 g/mol. The van der Waals surface area contributed by atoms with Crippen LogP contribution in [0, 0.1) is 17.8 Å². The lowest BCUT2D eigenvalue weighted by Crippen LogP contribution is -2.65. The Kier molecular flexibility index (Phi) is 15.2. The Labute approximate surface area is 362 Å². The van der Waals surface area contributed by atoms with Crippen molar-refractivity contribution in [3.63, 3.8) is 0 Å². The van der Waals surface area contributed by atoms with E-state index in [1.165, 1.54) is 23.8 Å². The lowest BCUT2D eigenvalue weighted by molar-refractivity contribution is -0.319. The monoisotopic (exact) mass is 876 g/mol. The Hall–Kier alpha value is -4.11. The number of hydrogen-bond donors (Lipinski definition) is 4. The molecule has 5 rings (SSSR count). The maximum Gasteiger partial charge on any atom is 0.410 e. The summed E-state index contributed by atoms with van der Waals surface area (Å²) >= 11 is 0. The molecule has 18 nitrogen and oxygen atoms in total. The number of anilines is 1. The third kappa shape index (κ3) is 9.54. The summed E-state index contributed by atoms with van der Waals surface area (Å²) in [7, 11) is 4.53.